The van der Waals surface area contributed by atoms with E-state index in [0.717, 1.165) is 42.9 Å². The summed E-state index contributed by atoms with van der Waals surface area (Å²) in [7, 11) is -0.973. The molecule has 26 heavy (non-hydrogen) atoms. The van der Waals surface area contributed by atoms with E-state index < -0.39 is 10.3 Å². The van der Waals surface area contributed by atoms with Gasteiger partial charge in [0.2, 0.25) is 0 Å². The van der Waals surface area contributed by atoms with Crippen molar-refractivity contribution in [2.45, 2.75) is 19.5 Å². The Morgan fingerprint density at radius 1 is 1.08 bits per heavy atom. The Morgan fingerprint density at radius 2 is 1.85 bits per heavy atom. The summed E-state index contributed by atoms with van der Waals surface area (Å²) in [5.41, 5.74) is 3.29. The van der Waals surface area contributed by atoms with Crippen molar-refractivity contribution in [2.24, 2.45) is 5.14 Å². The molecule has 0 aromatic heterocycles. The quantitative estimate of drug-likeness (QED) is 0.825. The molecule has 0 unspecified atom stereocenters. The van der Waals surface area contributed by atoms with Gasteiger partial charge in [0.1, 0.15) is 5.75 Å². The van der Waals surface area contributed by atoms with E-state index in [2.05, 4.69) is 11.0 Å². The molecule has 0 spiro atoms. The Kier molecular flexibility index (Phi) is 5.36. The largest absolute Gasteiger partial charge is 0.497 e. The highest BCUT2D eigenvalue weighted by Gasteiger charge is 2.21. The average Bonchev–Trinajstić information content (AvgIpc) is 2.60. The van der Waals surface area contributed by atoms with Gasteiger partial charge in [0.15, 0.2) is 11.5 Å². The maximum Gasteiger partial charge on any atom is 0.380 e. The smallest absolute Gasteiger partial charge is 0.380 e. The molecule has 2 N–H and O–H groups in total. The SMILES string of the molecule is COc1cccc(CN2CCc3cc(OS(N)(=O)=O)c(OC)cc3C2)c1. The molecule has 2 aromatic carbocycles. The van der Waals surface area contributed by atoms with Crippen molar-refractivity contribution in [3.05, 3.63) is 53.1 Å². The van der Waals surface area contributed by atoms with Crippen LogP contribution in [0.1, 0.15) is 16.7 Å². The van der Waals surface area contributed by atoms with Crippen molar-refractivity contribution in [3.63, 3.8) is 0 Å². The summed E-state index contributed by atoms with van der Waals surface area (Å²) in [5.74, 6) is 1.31. The van der Waals surface area contributed by atoms with E-state index in [9.17, 15) is 8.42 Å². The zero-order chi connectivity index (χ0) is 18.7. The first-order chi connectivity index (χ1) is 12.4. The summed E-state index contributed by atoms with van der Waals surface area (Å²) in [5, 5.41) is 4.97. The maximum absolute atomic E-state index is 11.2. The van der Waals surface area contributed by atoms with Gasteiger partial charge in [-0.05, 0) is 47.4 Å². The predicted molar refractivity (Wildman–Crippen MR) is 97.5 cm³/mol. The second-order valence-electron chi connectivity index (χ2n) is 6.16. The van der Waals surface area contributed by atoms with Crippen LogP contribution in [-0.4, -0.2) is 34.1 Å². The number of fused-ring (bicyclic) bond motifs is 1. The highest BCUT2D eigenvalue weighted by molar-refractivity contribution is 7.84. The average molecular weight is 378 g/mol. The minimum Gasteiger partial charge on any atom is -0.497 e. The van der Waals surface area contributed by atoms with Crippen molar-refractivity contribution < 1.29 is 22.1 Å². The number of rotatable bonds is 6. The molecule has 0 saturated carbocycles. The molecule has 1 aliphatic heterocycles. The predicted octanol–water partition coefficient (Wildman–Crippen LogP) is 1.84. The standard InChI is InChI=1S/C18H22N2O5S/c1-23-16-5-3-4-13(8-16)11-20-7-6-14-9-18(25-26(19,21)22)17(24-2)10-15(14)12-20/h3-5,8-10H,6-7,11-12H2,1-2H3,(H2,19,21,22). The third-order valence-corrected chi connectivity index (χ3v) is 4.74. The lowest BCUT2D eigenvalue weighted by atomic mass is 9.98. The van der Waals surface area contributed by atoms with E-state index in [4.69, 9.17) is 18.8 Å². The number of nitrogens with two attached hydrogens (primary N) is 1. The van der Waals surface area contributed by atoms with E-state index in [1.54, 1.807) is 13.2 Å². The zero-order valence-corrected chi connectivity index (χ0v) is 15.6. The molecular weight excluding hydrogens is 356 g/mol. The van der Waals surface area contributed by atoms with Crippen LogP contribution in [0.25, 0.3) is 0 Å². The fourth-order valence-electron chi connectivity index (χ4n) is 3.14. The lowest BCUT2D eigenvalue weighted by molar-refractivity contribution is 0.244. The number of ether oxygens (including phenoxy) is 2. The van der Waals surface area contributed by atoms with Gasteiger partial charge in [0.05, 0.1) is 14.2 Å². The van der Waals surface area contributed by atoms with Gasteiger partial charge in [-0.3, -0.25) is 4.90 Å². The summed E-state index contributed by atoms with van der Waals surface area (Å²) in [6.07, 6.45) is 0.782. The molecule has 1 heterocycles. The number of methoxy groups -OCH3 is 2. The minimum absolute atomic E-state index is 0.120. The van der Waals surface area contributed by atoms with E-state index in [0.29, 0.717) is 5.75 Å². The van der Waals surface area contributed by atoms with Gasteiger partial charge in [0.25, 0.3) is 0 Å². The fraction of sp³-hybridized carbons (Fsp3) is 0.333. The first kappa shape index (κ1) is 18.5. The van der Waals surface area contributed by atoms with Crippen LogP contribution in [0, 0.1) is 0 Å². The van der Waals surface area contributed by atoms with Crippen LogP contribution in [0.5, 0.6) is 17.2 Å². The van der Waals surface area contributed by atoms with Crippen LogP contribution in [0.3, 0.4) is 0 Å². The Balaban J connectivity index is 1.79. The van der Waals surface area contributed by atoms with Crippen LogP contribution < -0.4 is 18.8 Å². The summed E-state index contributed by atoms with van der Waals surface area (Å²) >= 11 is 0. The number of hydrogen-bond acceptors (Lipinski definition) is 6. The Morgan fingerprint density at radius 3 is 2.54 bits per heavy atom. The third kappa shape index (κ3) is 4.46. The van der Waals surface area contributed by atoms with Crippen LogP contribution in [0.2, 0.25) is 0 Å². The number of nitrogens with zero attached hydrogens (tertiary/aromatic N) is 1. The molecule has 0 fully saturated rings. The van der Waals surface area contributed by atoms with E-state index >= 15 is 0 Å². The number of hydrogen-bond donors (Lipinski definition) is 1. The molecule has 0 amide bonds. The van der Waals surface area contributed by atoms with Crippen LogP contribution in [0.4, 0.5) is 0 Å². The van der Waals surface area contributed by atoms with Gasteiger partial charge in [-0.15, -0.1) is 0 Å². The molecule has 0 bridgehead atoms. The second kappa shape index (κ2) is 7.53. The fourth-order valence-corrected chi connectivity index (χ4v) is 3.52. The molecule has 0 radical (unpaired) electrons. The van der Waals surface area contributed by atoms with Crippen molar-refractivity contribution in [1.29, 1.82) is 0 Å². The molecular formula is C18H22N2O5S. The van der Waals surface area contributed by atoms with Crippen LogP contribution in [-0.2, 0) is 29.8 Å². The maximum atomic E-state index is 11.2. The molecule has 1 aliphatic rings. The number of benzene rings is 2. The molecule has 8 heteroatoms. The molecule has 7 nitrogen and oxygen atoms in total. The van der Waals surface area contributed by atoms with Crippen LogP contribution >= 0.6 is 0 Å². The van der Waals surface area contributed by atoms with Gasteiger partial charge in [-0.1, -0.05) is 12.1 Å². The highest BCUT2D eigenvalue weighted by Crippen LogP contribution is 2.34. The van der Waals surface area contributed by atoms with Gasteiger partial charge < -0.3 is 13.7 Å². The van der Waals surface area contributed by atoms with Gasteiger partial charge in [-0.25, -0.2) is 0 Å². The van der Waals surface area contributed by atoms with E-state index in [1.807, 2.05) is 24.3 Å². The van der Waals surface area contributed by atoms with Gasteiger partial charge in [0, 0.05) is 19.6 Å². The summed E-state index contributed by atoms with van der Waals surface area (Å²) in [6.45, 7) is 2.39. The van der Waals surface area contributed by atoms with Crippen molar-refractivity contribution in [3.8, 4) is 17.2 Å². The monoisotopic (exact) mass is 378 g/mol. The Labute approximate surface area is 153 Å². The zero-order valence-electron chi connectivity index (χ0n) is 14.8. The van der Waals surface area contributed by atoms with Crippen molar-refractivity contribution in [2.75, 3.05) is 20.8 Å². The van der Waals surface area contributed by atoms with Crippen LogP contribution in [0.15, 0.2) is 36.4 Å². The molecule has 0 aliphatic carbocycles. The first-order valence-corrected chi connectivity index (χ1v) is 9.62. The molecule has 140 valence electrons. The highest BCUT2D eigenvalue weighted by atomic mass is 32.2. The molecule has 3 rings (SSSR count). The lowest BCUT2D eigenvalue weighted by Crippen LogP contribution is -2.30. The van der Waals surface area contributed by atoms with E-state index in [-0.39, 0.29) is 5.75 Å². The molecule has 0 atom stereocenters. The van der Waals surface area contributed by atoms with Crippen molar-refractivity contribution in [1.82, 2.24) is 4.90 Å². The topological polar surface area (TPSA) is 91.1 Å². The van der Waals surface area contributed by atoms with Gasteiger partial charge >= 0.3 is 10.3 Å². The molecule has 2 aromatic rings. The second-order valence-corrected chi connectivity index (χ2v) is 7.31. The van der Waals surface area contributed by atoms with Gasteiger partial charge in [-0.2, -0.15) is 13.6 Å². The van der Waals surface area contributed by atoms with E-state index in [1.165, 1.54) is 12.7 Å². The summed E-state index contributed by atoms with van der Waals surface area (Å²) < 4.78 is 37.8. The first-order valence-electron chi connectivity index (χ1n) is 8.15. The Bertz CT molecular complexity index is 898. The summed E-state index contributed by atoms with van der Waals surface area (Å²) in [6, 6.07) is 11.5. The lowest BCUT2D eigenvalue weighted by Gasteiger charge is -2.29. The summed E-state index contributed by atoms with van der Waals surface area (Å²) in [4.78, 5) is 2.32. The normalized spacial score (nSPS) is 14.6. The Hall–Kier alpha value is -2.29. The molecule has 0 saturated heterocycles. The van der Waals surface area contributed by atoms with Crippen molar-refractivity contribution >= 4 is 10.3 Å². The third-order valence-electron chi connectivity index (χ3n) is 4.32. The minimum atomic E-state index is -4.10.